The number of hydrogen-bond acceptors (Lipinski definition) is 8. The average Bonchev–Trinajstić information content (AvgIpc) is 2.54. The Balaban J connectivity index is 2.35. The van der Waals surface area contributed by atoms with Crippen molar-refractivity contribution in [1.29, 1.82) is 5.26 Å². The summed E-state index contributed by atoms with van der Waals surface area (Å²) in [5.41, 5.74) is 0.461. The van der Waals surface area contributed by atoms with Crippen LogP contribution in [0.15, 0.2) is 18.2 Å². The van der Waals surface area contributed by atoms with Gasteiger partial charge in [-0.2, -0.15) is 15.2 Å². The first-order valence-corrected chi connectivity index (χ1v) is 5.94. The summed E-state index contributed by atoms with van der Waals surface area (Å²) in [6.45, 7) is 0. The lowest BCUT2D eigenvalue weighted by Crippen LogP contribution is -2.03. The number of ether oxygens (including phenoxy) is 3. The monoisotopic (exact) mass is 287 g/mol. The van der Waals surface area contributed by atoms with Crippen LogP contribution in [0.4, 0.5) is 5.95 Å². The zero-order valence-corrected chi connectivity index (χ0v) is 11.7. The molecule has 0 aliphatic carbocycles. The second-order valence-corrected chi connectivity index (χ2v) is 3.76. The molecular weight excluding hydrogens is 274 g/mol. The number of aromatic nitrogens is 3. The van der Waals surface area contributed by atoms with Gasteiger partial charge in [0.2, 0.25) is 5.95 Å². The molecule has 8 nitrogen and oxygen atoms in total. The van der Waals surface area contributed by atoms with E-state index in [0.29, 0.717) is 23.0 Å². The summed E-state index contributed by atoms with van der Waals surface area (Å²) in [7, 11) is 4.60. The normalized spacial score (nSPS) is 9.62. The van der Waals surface area contributed by atoms with E-state index >= 15 is 0 Å². The third-order valence-corrected chi connectivity index (χ3v) is 2.49. The molecule has 0 aliphatic rings. The zero-order valence-electron chi connectivity index (χ0n) is 11.7. The molecule has 0 spiro atoms. The van der Waals surface area contributed by atoms with Crippen molar-refractivity contribution in [3.05, 3.63) is 23.8 Å². The first-order chi connectivity index (χ1) is 10.2. The standard InChI is InChI=1S/C13H13N5O3/c1-15-11-16-12(20-3)18-13(17-11)21-9-5-4-8(7-14)6-10(9)19-2/h4-6H,1-3H3,(H,15,16,17,18). The fourth-order valence-electron chi connectivity index (χ4n) is 1.51. The van der Waals surface area contributed by atoms with Crippen LogP contribution in [-0.2, 0) is 0 Å². The van der Waals surface area contributed by atoms with Crippen LogP contribution in [0.1, 0.15) is 5.56 Å². The summed E-state index contributed by atoms with van der Waals surface area (Å²) in [4.78, 5) is 12.0. The van der Waals surface area contributed by atoms with E-state index in [1.807, 2.05) is 6.07 Å². The van der Waals surface area contributed by atoms with E-state index in [1.165, 1.54) is 14.2 Å². The van der Waals surface area contributed by atoms with Crippen LogP contribution in [0.5, 0.6) is 23.5 Å². The summed E-state index contributed by atoms with van der Waals surface area (Å²) in [6.07, 6.45) is 0. The minimum Gasteiger partial charge on any atom is -0.493 e. The summed E-state index contributed by atoms with van der Waals surface area (Å²) in [6, 6.07) is 6.97. The summed E-state index contributed by atoms with van der Waals surface area (Å²) < 4.78 is 15.7. The molecule has 2 rings (SSSR count). The van der Waals surface area contributed by atoms with Gasteiger partial charge in [-0.1, -0.05) is 0 Å². The highest BCUT2D eigenvalue weighted by Gasteiger charge is 2.12. The first-order valence-electron chi connectivity index (χ1n) is 5.94. The lowest BCUT2D eigenvalue weighted by Gasteiger charge is -2.10. The van der Waals surface area contributed by atoms with Crippen molar-refractivity contribution in [2.75, 3.05) is 26.6 Å². The number of nitrogens with one attached hydrogen (secondary N) is 1. The minimum atomic E-state index is 0.0502. The maximum Gasteiger partial charge on any atom is 0.330 e. The number of nitrogens with zero attached hydrogens (tertiary/aromatic N) is 4. The molecule has 8 heteroatoms. The van der Waals surface area contributed by atoms with Gasteiger partial charge in [0.15, 0.2) is 11.5 Å². The maximum atomic E-state index is 8.87. The van der Waals surface area contributed by atoms with Gasteiger partial charge in [0.05, 0.1) is 25.9 Å². The van der Waals surface area contributed by atoms with Gasteiger partial charge in [-0.05, 0) is 12.1 Å². The van der Waals surface area contributed by atoms with Crippen LogP contribution >= 0.6 is 0 Å². The highest BCUT2D eigenvalue weighted by atomic mass is 16.5. The summed E-state index contributed by atoms with van der Waals surface area (Å²) >= 11 is 0. The van der Waals surface area contributed by atoms with Gasteiger partial charge in [-0.25, -0.2) is 0 Å². The molecule has 2 aromatic rings. The van der Waals surface area contributed by atoms with Crippen LogP contribution in [0.25, 0.3) is 0 Å². The Kier molecular flexibility index (Phi) is 4.36. The molecule has 0 bridgehead atoms. The predicted octanol–water partition coefficient (Wildman–Crippen LogP) is 1.59. The van der Waals surface area contributed by atoms with Gasteiger partial charge < -0.3 is 19.5 Å². The van der Waals surface area contributed by atoms with E-state index in [0.717, 1.165) is 0 Å². The van der Waals surface area contributed by atoms with Crippen molar-refractivity contribution in [2.45, 2.75) is 0 Å². The number of hydrogen-bond donors (Lipinski definition) is 1. The van der Waals surface area contributed by atoms with Gasteiger partial charge in [0.25, 0.3) is 0 Å². The topological polar surface area (TPSA) is 102 Å². The van der Waals surface area contributed by atoms with Gasteiger partial charge in [-0.3, -0.25) is 0 Å². The number of nitriles is 1. The Morgan fingerprint density at radius 3 is 2.43 bits per heavy atom. The molecule has 0 fully saturated rings. The van der Waals surface area contributed by atoms with E-state index in [4.69, 9.17) is 19.5 Å². The van der Waals surface area contributed by atoms with Crippen LogP contribution in [0.2, 0.25) is 0 Å². The lowest BCUT2D eigenvalue weighted by molar-refractivity contribution is 0.346. The second kappa shape index (κ2) is 6.38. The average molecular weight is 287 g/mol. The Morgan fingerprint density at radius 2 is 1.81 bits per heavy atom. The molecule has 1 aromatic carbocycles. The number of benzene rings is 1. The van der Waals surface area contributed by atoms with Gasteiger partial charge in [0, 0.05) is 13.1 Å². The molecule has 0 atom stereocenters. The molecule has 108 valence electrons. The molecule has 1 N–H and O–H groups in total. The Morgan fingerprint density at radius 1 is 1.05 bits per heavy atom. The largest absolute Gasteiger partial charge is 0.493 e. The van der Waals surface area contributed by atoms with Crippen LogP contribution in [0.3, 0.4) is 0 Å². The predicted molar refractivity (Wildman–Crippen MR) is 73.7 cm³/mol. The lowest BCUT2D eigenvalue weighted by atomic mass is 10.2. The quantitative estimate of drug-likeness (QED) is 0.884. The third-order valence-electron chi connectivity index (χ3n) is 2.49. The fourth-order valence-corrected chi connectivity index (χ4v) is 1.51. The number of rotatable bonds is 5. The number of methoxy groups -OCH3 is 2. The molecular formula is C13H13N5O3. The van der Waals surface area contributed by atoms with Crippen LogP contribution < -0.4 is 19.5 Å². The first kappa shape index (κ1) is 14.3. The maximum absolute atomic E-state index is 8.87. The SMILES string of the molecule is CNc1nc(OC)nc(Oc2ccc(C#N)cc2OC)n1. The molecule has 1 heterocycles. The zero-order chi connectivity index (χ0) is 15.2. The van der Waals surface area contributed by atoms with Crippen molar-refractivity contribution >= 4 is 5.95 Å². The van der Waals surface area contributed by atoms with Crippen molar-refractivity contribution in [1.82, 2.24) is 15.0 Å². The summed E-state index contributed by atoms with van der Waals surface area (Å²) in [5.74, 6) is 1.09. The second-order valence-electron chi connectivity index (χ2n) is 3.76. The van der Waals surface area contributed by atoms with Gasteiger partial charge in [0.1, 0.15) is 0 Å². The van der Waals surface area contributed by atoms with Gasteiger partial charge in [-0.15, -0.1) is 4.98 Å². The number of anilines is 1. The highest BCUT2D eigenvalue weighted by molar-refractivity contribution is 5.47. The molecule has 0 amide bonds. The molecule has 21 heavy (non-hydrogen) atoms. The highest BCUT2D eigenvalue weighted by Crippen LogP contribution is 2.31. The van der Waals surface area contributed by atoms with E-state index in [9.17, 15) is 0 Å². The molecule has 0 saturated heterocycles. The Bertz CT molecular complexity index is 662. The third kappa shape index (κ3) is 3.27. The van der Waals surface area contributed by atoms with Crippen LogP contribution in [-0.4, -0.2) is 36.2 Å². The van der Waals surface area contributed by atoms with Gasteiger partial charge >= 0.3 is 12.0 Å². The Hall–Kier alpha value is -3.08. The van der Waals surface area contributed by atoms with E-state index < -0.39 is 0 Å². The van der Waals surface area contributed by atoms with Crippen molar-refractivity contribution in [3.63, 3.8) is 0 Å². The fraction of sp³-hybridized carbons (Fsp3) is 0.231. The van der Waals surface area contributed by atoms with Crippen molar-refractivity contribution < 1.29 is 14.2 Å². The summed E-state index contributed by atoms with van der Waals surface area (Å²) in [5, 5.41) is 11.6. The van der Waals surface area contributed by atoms with E-state index in [2.05, 4.69) is 20.3 Å². The molecule has 0 unspecified atom stereocenters. The van der Waals surface area contributed by atoms with Crippen molar-refractivity contribution in [3.8, 4) is 29.6 Å². The van der Waals surface area contributed by atoms with Crippen LogP contribution in [0, 0.1) is 11.3 Å². The Labute approximate surface area is 121 Å². The smallest absolute Gasteiger partial charge is 0.330 e. The molecule has 0 radical (unpaired) electrons. The van der Waals surface area contributed by atoms with E-state index in [-0.39, 0.29) is 12.0 Å². The van der Waals surface area contributed by atoms with E-state index in [1.54, 1.807) is 25.2 Å². The molecule has 0 aliphatic heterocycles. The molecule has 0 saturated carbocycles. The van der Waals surface area contributed by atoms with Crippen molar-refractivity contribution in [2.24, 2.45) is 0 Å². The minimum absolute atomic E-state index is 0.0502. The molecule has 1 aromatic heterocycles.